The third-order valence-corrected chi connectivity index (χ3v) is 3.40. The minimum absolute atomic E-state index is 0.245. The zero-order valence-electron chi connectivity index (χ0n) is 10.2. The van der Waals surface area contributed by atoms with Crippen molar-refractivity contribution in [2.75, 3.05) is 20.1 Å². The van der Waals surface area contributed by atoms with E-state index in [2.05, 4.69) is 11.9 Å². The van der Waals surface area contributed by atoms with Gasteiger partial charge in [-0.1, -0.05) is 17.7 Å². The lowest BCUT2D eigenvalue weighted by Crippen LogP contribution is -2.38. The van der Waals surface area contributed by atoms with E-state index in [1.54, 1.807) is 0 Å². The van der Waals surface area contributed by atoms with Crippen LogP contribution >= 0.6 is 11.6 Å². The Morgan fingerprint density at radius 3 is 3.00 bits per heavy atom. The van der Waals surface area contributed by atoms with Crippen LogP contribution in [-0.2, 0) is 6.54 Å². The first-order chi connectivity index (χ1) is 8.19. The maximum atomic E-state index is 6.17. The van der Waals surface area contributed by atoms with Gasteiger partial charge in [0, 0.05) is 13.1 Å². The van der Waals surface area contributed by atoms with Crippen LogP contribution in [0, 0.1) is 0 Å². The first-order valence-electron chi connectivity index (χ1n) is 6.02. The molecule has 2 rings (SSSR count). The minimum Gasteiger partial charge on any atom is -0.488 e. The average Bonchev–Trinajstić information content (AvgIpc) is 2.32. The van der Waals surface area contributed by atoms with Crippen LogP contribution in [0.15, 0.2) is 18.2 Å². The van der Waals surface area contributed by atoms with Crippen molar-refractivity contribution in [3.05, 3.63) is 28.8 Å². The van der Waals surface area contributed by atoms with Crippen LogP contribution in [0.2, 0.25) is 5.02 Å². The zero-order valence-corrected chi connectivity index (χ0v) is 10.9. The number of hydrogen-bond donors (Lipinski definition) is 1. The molecule has 3 nitrogen and oxygen atoms in total. The Bertz CT molecular complexity index is 384. The largest absolute Gasteiger partial charge is 0.488 e. The topological polar surface area (TPSA) is 38.5 Å². The van der Waals surface area contributed by atoms with Crippen molar-refractivity contribution < 1.29 is 4.74 Å². The highest BCUT2D eigenvalue weighted by atomic mass is 35.5. The molecule has 0 saturated carbocycles. The van der Waals surface area contributed by atoms with Gasteiger partial charge in [0.05, 0.1) is 5.02 Å². The maximum absolute atomic E-state index is 6.17. The summed E-state index contributed by atoms with van der Waals surface area (Å²) in [5.74, 6) is 0.768. The normalized spacial score (nSPS) is 21.5. The monoisotopic (exact) mass is 254 g/mol. The summed E-state index contributed by atoms with van der Waals surface area (Å²) < 4.78 is 5.94. The summed E-state index contributed by atoms with van der Waals surface area (Å²) in [5, 5.41) is 0.654. The molecule has 0 amide bonds. The molecule has 1 aromatic rings. The highest BCUT2D eigenvalue weighted by molar-refractivity contribution is 6.32. The van der Waals surface area contributed by atoms with E-state index in [4.69, 9.17) is 22.1 Å². The summed E-state index contributed by atoms with van der Waals surface area (Å²) >= 11 is 6.17. The van der Waals surface area contributed by atoms with Gasteiger partial charge in [0.2, 0.25) is 0 Å². The molecule has 2 N–H and O–H groups in total. The first-order valence-corrected chi connectivity index (χ1v) is 6.40. The lowest BCUT2D eigenvalue weighted by atomic mass is 10.1. The van der Waals surface area contributed by atoms with E-state index in [-0.39, 0.29) is 6.10 Å². The summed E-state index contributed by atoms with van der Waals surface area (Å²) in [5.41, 5.74) is 6.60. The van der Waals surface area contributed by atoms with Crippen molar-refractivity contribution in [1.29, 1.82) is 0 Å². The van der Waals surface area contributed by atoms with E-state index in [0.29, 0.717) is 11.6 Å². The van der Waals surface area contributed by atoms with Gasteiger partial charge in [-0.3, -0.25) is 0 Å². The zero-order chi connectivity index (χ0) is 12.3. The molecule has 0 radical (unpaired) electrons. The van der Waals surface area contributed by atoms with Crippen LogP contribution < -0.4 is 10.5 Å². The van der Waals surface area contributed by atoms with Crippen LogP contribution in [0.1, 0.15) is 18.4 Å². The first kappa shape index (κ1) is 12.7. The molecule has 1 fully saturated rings. The van der Waals surface area contributed by atoms with Gasteiger partial charge in [-0.05, 0) is 44.1 Å². The molecule has 0 spiro atoms. The number of benzene rings is 1. The smallest absolute Gasteiger partial charge is 0.138 e. The molecule has 0 aromatic heterocycles. The van der Waals surface area contributed by atoms with Crippen molar-refractivity contribution in [1.82, 2.24) is 4.90 Å². The second kappa shape index (κ2) is 5.71. The number of likely N-dealkylation sites (tertiary alicyclic amines) is 1. The van der Waals surface area contributed by atoms with Gasteiger partial charge < -0.3 is 15.4 Å². The lowest BCUT2D eigenvalue weighted by Gasteiger charge is -2.30. The van der Waals surface area contributed by atoms with Crippen molar-refractivity contribution in [2.24, 2.45) is 5.73 Å². The predicted octanol–water partition coefficient (Wildman–Crippen LogP) is 2.27. The number of piperidine rings is 1. The van der Waals surface area contributed by atoms with E-state index >= 15 is 0 Å². The number of rotatable bonds is 3. The van der Waals surface area contributed by atoms with Gasteiger partial charge in [0.1, 0.15) is 11.9 Å². The predicted molar refractivity (Wildman–Crippen MR) is 70.5 cm³/mol. The molecule has 0 aliphatic carbocycles. The fourth-order valence-electron chi connectivity index (χ4n) is 2.16. The number of ether oxygens (including phenoxy) is 1. The Kier molecular flexibility index (Phi) is 4.26. The van der Waals surface area contributed by atoms with Crippen molar-refractivity contribution >= 4 is 11.6 Å². The van der Waals surface area contributed by atoms with Crippen LogP contribution in [0.3, 0.4) is 0 Å². The highest BCUT2D eigenvalue weighted by Crippen LogP contribution is 2.27. The molecule has 1 atom stereocenters. The van der Waals surface area contributed by atoms with E-state index < -0.39 is 0 Å². The summed E-state index contributed by atoms with van der Waals surface area (Å²) in [6.07, 6.45) is 2.52. The van der Waals surface area contributed by atoms with Crippen LogP contribution in [0.4, 0.5) is 0 Å². The summed E-state index contributed by atoms with van der Waals surface area (Å²) in [6, 6.07) is 5.76. The van der Waals surface area contributed by atoms with Gasteiger partial charge in [-0.15, -0.1) is 0 Å². The molecular formula is C13H19ClN2O. The van der Waals surface area contributed by atoms with Gasteiger partial charge in [-0.2, -0.15) is 0 Å². The Balaban J connectivity index is 2.02. The minimum atomic E-state index is 0.245. The van der Waals surface area contributed by atoms with Crippen molar-refractivity contribution in [3.63, 3.8) is 0 Å². The number of likely N-dealkylation sites (N-methyl/N-ethyl adjacent to an activating group) is 1. The fourth-order valence-corrected chi connectivity index (χ4v) is 2.41. The summed E-state index contributed by atoms with van der Waals surface area (Å²) in [7, 11) is 2.12. The second-order valence-electron chi connectivity index (χ2n) is 4.61. The Labute approximate surface area is 107 Å². The van der Waals surface area contributed by atoms with E-state index in [0.717, 1.165) is 30.8 Å². The molecule has 1 aromatic carbocycles. The summed E-state index contributed by atoms with van der Waals surface area (Å²) in [6.45, 7) is 2.63. The summed E-state index contributed by atoms with van der Waals surface area (Å²) in [4.78, 5) is 2.29. The molecule has 1 aliphatic rings. The second-order valence-corrected chi connectivity index (χ2v) is 5.02. The Hall–Kier alpha value is -0.770. The Morgan fingerprint density at radius 2 is 2.35 bits per heavy atom. The molecule has 1 heterocycles. The van der Waals surface area contributed by atoms with Crippen LogP contribution in [-0.4, -0.2) is 31.1 Å². The molecule has 1 unspecified atom stereocenters. The average molecular weight is 255 g/mol. The molecule has 1 saturated heterocycles. The SMILES string of the molecule is CN1CCCC(Oc2ccc(CN)cc2Cl)C1. The number of hydrogen-bond acceptors (Lipinski definition) is 3. The van der Waals surface area contributed by atoms with Gasteiger partial charge in [0.25, 0.3) is 0 Å². The highest BCUT2D eigenvalue weighted by Gasteiger charge is 2.19. The maximum Gasteiger partial charge on any atom is 0.138 e. The van der Waals surface area contributed by atoms with E-state index in [1.807, 2.05) is 18.2 Å². The van der Waals surface area contributed by atoms with Crippen molar-refractivity contribution in [3.8, 4) is 5.75 Å². The van der Waals surface area contributed by atoms with Gasteiger partial charge >= 0.3 is 0 Å². The lowest BCUT2D eigenvalue weighted by molar-refractivity contribution is 0.104. The van der Waals surface area contributed by atoms with Crippen LogP contribution in [0.25, 0.3) is 0 Å². The third kappa shape index (κ3) is 3.35. The molecule has 4 heteroatoms. The number of nitrogens with zero attached hydrogens (tertiary/aromatic N) is 1. The van der Waals surface area contributed by atoms with Crippen LogP contribution in [0.5, 0.6) is 5.75 Å². The molecule has 1 aliphatic heterocycles. The molecule has 0 bridgehead atoms. The molecule has 94 valence electrons. The third-order valence-electron chi connectivity index (χ3n) is 3.11. The molecule has 17 heavy (non-hydrogen) atoms. The Morgan fingerprint density at radius 1 is 1.53 bits per heavy atom. The standard InChI is InChI=1S/C13H19ClN2O/c1-16-6-2-3-11(9-16)17-13-5-4-10(8-15)7-12(13)14/h4-5,7,11H,2-3,6,8-9,15H2,1H3. The van der Waals surface area contributed by atoms with Gasteiger partial charge in [-0.25, -0.2) is 0 Å². The molecular weight excluding hydrogens is 236 g/mol. The number of halogens is 1. The quantitative estimate of drug-likeness (QED) is 0.899. The van der Waals surface area contributed by atoms with E-state index in [1.165, 1.54) is 6.42 Å². The van der Waals surface area contributed by atoms with Gasteiger partial charge in [0.15, 0.2) is 0 Å². The fraction of sp³-hybridized carbons (Fsp3) is 0.538. The number of nitrogens with two attached hydrogens (primary N) is 1. The van der Waals surface area contributed by atoms with Crippen molar-refractivity contribution in [2.45, 2.75) is 25.5 Å². The van der Waals surface area contributed by atoms with E-state index in [9.17, 15) is 0 Å².